The van der Waals surface area contributed by atoms with Crippen LogP contribution in [0.25, 0.3) is 0 Å². The van der Waals surface area contributed by atoms with Crippen molar-refractivity contribution in [3.8, 4) is 0 Å². The number of carbonyl (C=O) groups excluding carboxylic acids is 1. The van der Waals surface area contributed by atoms with Crippen LogP contribution in [0.2, 0.25) is 0 Å². The minimum atomic E-state index is 0. The summed E-state index contributed by atoms with van der Waals surface area (Å²) < 4.78 is 0. The summed E-state index contributed by atoms with van der Waals surface area (Å²) in [5.74, 6) is 1.28. The Hall–Kier alpha value is -1.00. The molecule has 1 amide bonds. The zero-order chi connectivity index (χ0) is 11.1. The Bertz CT molecular complexity index is 392. The number of fused-ring (bicyclic) bond motifs is 1. The highest BCUT2D eigenvalue weighted by Crippen LogP contribution is 2.37. The fraction of sp³-hybridized carbons (Fsp3) is 0.583. The number of aromatic nitrogens is 1. The number of amides is 1. The fourth-order valence-corrected chi connectivity index (χ4v) is 3.11. The van der Waals surface area contributed by atoms with E-state index in [4.69, 9.17) is 5.73 Å². The molecule has 1 saturated heterocycles. The first-order valence-corrected chi connectivity index (χ1v) is 5.94. The van der Waals surface area contributed by atoms with E-state index >= 15 is 0 Å². The van der Waals surface area contributed by atoms with Gasteiger partial charge in [0.25, 0.3) is 5.91 Å². The first-order valence-electron chi connectivity index (χ1n) is 5.94. The van der Waals surface area contributed by atoms with Gasteiger partial charge in [0, 0.05) is 25.3 Å². The third-order valence-electron chi connectivity index (χ3n) is 4.03. The number of nitrogens with two attached hydrogens (primary N) is 1. The van der Waals surface area contributed by atoms with Crippen LogP contribution in [0.15, 0.2) is 18.3 Å². The van der Waals surface area contributed by atoms with Crippen LogP contribution < -0.4 is 5.73 Å². The van der Waals surface area contributed by atoms with E-state index in [9.17, 15) is 4.79 Å². The molecule has 4 nitrogen and oxygen atoms in total. The van der Waals surface area contributed by atoms with Crippen molar-refractivity contribution < 1.29 is 4.79 Å². The van der Waals surface area contributed by atoms with E-state index in [-0.39, 0.29) is 18.3 Å². The molecule has 1 aliphatic carbocycles. The van der Waals surface area contributed by atoms with Crippen molar-refractivity contribution >= 4 is 18.3 Å². The van der Waals surface area contributed by atoms with Crippen LogP contribution in [0.4, 0.5) is 0 Å². The molecular weight excluding hydrogens is 238 g/mol. The average Bonchev–Trinajstić information content (AvgIpc) is 2.96. The first-order chi connectivity index (χ1) is 7.75. The van der Waals surface area contributed by atoms with Crippen LogP contribution >= 0.6 is 12.4 Å². The standard InChI is InChI=1S/C12H17N3O.ClH/c13-10-4-3-8-6-15(7-9(8)10)12(16)11-2-1-5-14-11;/h1-2,5,8-10,14H,3-4,6-7,13H2;1H. The number of carbonyl (C=O) groups is 1. The molecule has 17 heavy (non-hydrogen) atoms. The number of aromatic amines is 1. The molecular formula is C12H18ClN3O. The lowest BCUT2D eigenvalue weighted by Gasteiger charge is -2.17. The summed E-state index contributed by atoms with van der Waals surface area (Å²) in [6.07, 6.45) is 4.09. The van der Waals surface area contributed by atoms with E-state index in [1.54, 1.807) is 6.20 Å². The monoisotopic (exact) mass is 255 g/mol. The van der Waals surface area contributed by atoms with E-state index in [0.717, 1.165) is 19.5 Å². The summed E-state index contributed by atoms with van der Waals surface area (Å²) >= 11 is 0. The maximum absolute atomic E-state index is 12.1. The third kappa shape index (κ3) is 2.07. The summed E-state index contributed by atoms with van der Waals surface area (Å²) in [5, 5.41) is 0. The molecule has 1 saturated carbocycles. The SMILES string of the molecule is Cl.NC1CCC2CN(C(=O)c3ccc[nH]3)CC12. The third-order valence-corrected chi connectivity index (χ3v) is 4.03. The Kier molecular flexibility index (Phi) is 3.45. The van der Waals surface area contributed by atoms with Gasteiger partial charge in [-0.3, -0.25) is 4.79 Å². The molecule has 2 aliphatic rings. The summed E-state index contributed by atoms with van der Waals surface area (Å²) in [7, 11) is 0. The smallest absolute Gasteiger partial charge is 0.270 e. The maximum Gasteiger partial charge on any atom is 0.270 e. The molecule has 2 heterocycles. The number of nitrogens with one attached hydrogen (secondary N) is 1. The molecule has 3 unspecified atom stereocenters. The van der Waals surface area contributed by atoms with Crippen LogP contribution in [0, 0.1) is 11.8 Å². The van der Waals surface area contributed by atoms with E-state index in [0.29, 0.717) is 23.6 Å². The number of rotatable bonds is 1. The number of hydrogen-bond acceptors (Lipinski definition) is 2. The van der Waals surface area contributed by atoms with Gasteiger partial charge in [0.1, 0.15) is 5.69 Å². The molecule has 0 radical (unpaired) electrons. The van der Waals surface area contributed by atoms with Crippen LogP contribution in [0.3, 0.4) is 0 Å². The van der Waals surface area contributed by atoms with Gasteiger partial charge in [0.2, 0.25) is 0 Å². The Morgan fingerprint density at radius 2 is 2.24 bits per heavy atom. The van der Waals surface area contributed by atoms with E-state index in [2.05, 4.69) is 4.98 Å². The van der Waals surface area contributed by atoms with Gasteiger partial charge in [-0.2, -0.15) is 0 Å². The van der Waals surface area contributed by atoms with Crippen molar-refractivity contribution in [1.82, 2.24) is 9.88 Å². The van der Waals surface area contributed by atoms with Crippen LogP contribution in [0.1, 0.15) is 23.3 Å². The number of halogens is 1. The van der Waals surface area contributed by atoms with Crippen molar-refractivity contribution in [3.63, 3.8) is 0 Å². The molecule has 3 N–H and O–H groups in total. The molecule has 2 fully saturated rings. The van der Waals surface area contributed by atoms with Gasteiger partial charge in [-0.05, 0) is 36.8 Å². The van der Waals surface area contributed by atoms with Crippen molar-refractivity contribution in [1.29, 1.82) is 0 Å². The normalized spacial score (nSPS) is 31.1. The highest BCUT2D eigenvalue weighted by atomic mass is 35.5. The Morgan fingerprint density at radius 3 is 2.88 bits per heavy atom. The predicted octanol–water partition coefficient (Wildman–Crippen LogP) is 1.25. The van der Waals surface area contributed by atoms with Crippen LogP contribution in [0.5, 0.6) is 0 Å². The number of nitrogens with zero attached hydrogens (tertiary/aromatic N) is 1. The van der Waals surface area contributed by atoms with Crippen LogP contribution in [-0.2, 0) is 0 Å². The lowest BCUT2D eigenvalue weighted by Crippen LogP contribution is -2.33. The molecule has 1 aromatic rings. The Balaban J connectivity index is 0.00000108. The minimum absolute atomic E-state index is 0. The van der Waals surface area contributed by atoms with Crippen LogP contribution in [-0.4, -0.2) is 34.9 Å². The van der Waals surface area contributed by atoms with E-state index in [1.165, 1.54) is 6.42 Å². The largest absolute Gasteiger partial charge is 0.357 e. The topological polar surface area (TPSA) is 62.1 Å². The molecule has 5 heteroatoms. The summed E-state index contributed by atoms with van der Waals surface area (Å²) in [5.41, 5.74) is 6.74. The minimum Gasteiger partial charge on any atom is -0.357 e. The molecule has 0 bridgehead atoms. The van der Waals surface area contributed by atoms with E-state index in [1.807, 2.05) is 17.0 Å². The maximum atomic E-state index is 12.1. The van der Waals surface area contributed by atoms with E-state index < -0.39 is 0 Å². The van der Waals surface area contributed by atoms with Gasteiger partial charge in [-0.15, -0.1) is 12.4 Å². The second kappa shape index (κ2) is 4.70. The lowest BCUT2D eigenvalue weighted by molar-refractivity contribution is 0.0774. The Labute approximate surface area is 107 Å². The molecule has 3 rings (SSSR count). The van der Waals surface area contributed by atoms with Crippen molar-refractivity contribution in [2.45, 2.75) is 18.9 Å². The second-order valence-electron chi connectivity index (χ2n) is 4.96. The molecule has 3 atom stereocenters. The number of likely N-dealkylation sites (tertiary alicyclic amines) is 1. The lowest BCUT2D eigenvalue weighted by atomic mass is 9.98. The van der Waals surface area contributed by atoms with Gasteiger partial charge >= 0.3 is 0 Å². The molecule has 0 aromatic carbocycles. The highest BCUT2D eigenvalue weighted by Gasteiger charge is 2.42. The second-order valence-corrected chi connectivity index (χ2v) is 4.96. The summed E-state index contributed by atoms with van der Waals surface area (Å²) in [6, 6.07) is 3.98. The zero-order valence-electron chi connectivity index (χ0n) is 9.63. The van der Waals surface area contributed by atoms with Gasteiger partial charge in [0.05, 0.1) is 0 Å². The first kappa shape index (κ1) is 12.5. The quantitative estimate of drug-likeness (QED) is 0.793. The molecule has 1 aliphatic heterocycles. The van der Waals surface area contributed by atoms with Gasteiger partial charge in [-0.25, -0.2) is 0 Å². The molecule has 1 aromatic heterocycles. The summed E-state index contributed by atoms with van der Waals surface area (Å²) in [6.45, 7) is 1.72. The van der Waals surface area contributed by atoms with Crippen molar-refractivity contribution in [2.75, 3.05) is 13.1 Å². The molecule has 94 valence electrons. The number of hydrogen-bond donors (Lipinski definition) is 2. The fourth-order valence-electron chi connectivity index (χ4n) is 3.11. The average molecular weight is 256 g/mol. The Morgan fingerprint density at radius 1 is 1.41 bits per heavy atom. The van der Waals surface area contributed by atoms with Gasteiger partial charge in [0.15, 0.2) is 0 Å². The zero-order valence-corrected chi connectivity index (χ0v) is 10.5. The number of H-pyrrole nitrogens is 1. The predicted molar refractivity (Wildman–Crippen MR) is 68.1 cm³/mol. The van der Waals surface area contributed by atoms with Gasteiger partial charge in [-0.1, -0.05) is 0 Å². The van der Waals surface area contributed by atoms with Gasteiger partial charge < -0.3 is 15.6 Å². The van der Waals surface area contributed by atoms with Crippen molar-refractivity contribution in [2.24, 2.45) is 17.6 Å². The molecule has 0 spiro atoms. The highest BCUT2D eigenvalue weighted by molar-refractivity contribution is 5.92. The van der Waals surface area contributed by atoms with Crippen molar-refractivity contribution in [3.05, 3.63) is 24.0 Å². The summed E-state index contributed by atoms with van der Waals surface area (Å²) in [4.78, 5) is 17.0.